The standard InChI is InChI=1S/C14H10Cl3N3O5/c15-8-5-18-12(11(17)10(8)16)13(22)25-6-9(21)20-14(23)19-4-7-2-1-3-24-7/h1-3,5H,4,6H2,(H2,19,20,21,23). The third-order valence-corrected chi connectivity index (χ3v) is 3.94. The highest BCUT2D eigenvalue weighted by molar-refractivity contribution is 6.48. The highest BCUT2D eigenvalue weighted by atomic mass is 35.5. The van der Waals surface area contributed by atoms with E-state index in [2.05, 4.69) is 10.3 Å². The summed E-state index contributed by atoms with van der Waals surface area (Å²) in [6, 6.07) is 2.53. The van der Waals surface area contributed by atoms with Crippen molar-refractivity contribution in [1.82, 2.24) is 15.6 Å². The molecule has 0 saturated heterocycles. The van der Waals surface area contributed by atoms with Crippen LogP contribution in [0.15, 0.2) is 29.0 Å². The van der Waals surface area contributed by atoms with Crippen LogP contribution in [0, 0.1) is 0 Å². The van der Waals surface area contributed by atoms with E-state index in [1.807, 2.05) is 5.32 Å². The lowest BCUT2D eigenvalue weighted by Crippen LogP contribution is -2.41. The smallest absolute Gasteiger partial charge is 0.359 e. The molecule has 0 spiro atoms. The minimum absolute atomic E-state index is 0.0629. The highest BCUT2D eigenvalue weighted by Gasteiger charge is 2.19. The Kier molecular flexibility index (Phi) is 6.63. The van der Waals surface area contributed by atoms with Gasteiger partial charge >= 0.3 is 12.0 Å². The molecule has 2 N–H and O–H groups in total. The zero-order valence-corrected chi connectivity index (χ0v) is 14.6. The number of furan rings is 1. The molecule has 0 unspecified atom stereocenters. The van der Waals surface area contributed by atoms with Crippen LogP contribution < -0.4 is 10.6 Å². The predicted octanol–water partition coefficient (Wildman–Crippen LogP) is 2.82. The van der Waals surface area contributed by atoms with Gasteiger partial charge < -0.3 is 14.5 Å². The summed E-state index contributed by atoms with van der Waals surface area (Å²) in [5.74, 6) is -1.33. The molecule has 0 aliphatic rings. The molecule has 2 aromatic rings. The number of imide groups is 1. The second-order valence-corrected chi connectivity index (χ2v) is 5.63. The summed E-state index contributed by atoms with van der Waals surface area (Å²) < 4.78 is 9.73. The molecule has 0 bridgehead atoms. The van der Waals surface area contributed by atoms with E-state index in [9.17, 15) is 14.4 Å². The first-order valence-corrected chi connectivity index (χ1v) is 7.78. The van der Waals surface area contributed by atoms with Crippen molar-refractivity contribution < 1.29 is 23.5 Å². The topological polar surface area (TPSA) is 111 Å². The molecule has 2 heterocycles. The van der Waals surface area contributed by atoms with Crippen molar-refractivity contribution in [2.45, 2.75) is 6.54 Å². The Morgan fingerprint density at radius 2 is 1.96 bits per heavy atom. The second-order valence-electron chi connectivity index (χ2n) is 4.47. The van der Waals surface area contributed by atoms with Gasteiger partial charge in [-0.3, -0.25) is 10.1 Å². The Morgan fingerprint density at radius 3 is 2.64 bits per heavy atom. The summed E-state index contributed by atoms with van der Waals surface area (Å²) in [5.41, 5.74) is -0.300. The number of halogens is 3. The maximum atomic E-state index is 11.8. The van der Waals surface area contributed by atoms with Gasteiger partial charge in [0.2, 0.25) is 0 Å². The van der Waals surface area contributed by atoms with Gasteiger partial charge in [0.25, 0.3) is 5.91 Å². The number of amides is 3. The van der Waals surface area contributed by atoms with Gasteiger partial charge in [-0.1, -0.05) is 34.8 Å². The number of carbonyl (C=O) groups excluding carboxylic acids is 3. The third-order valence-electron chi connectivity index (χ3n) is 2.70. The molecule has 11 heteroatoms. The number of aromatic nitrogens is 1. The van der Waals surface area contributed by atoms with Crippen molar-refractivity contribution in [2.75, 3.05) is 6.61 Å². The maximum Gasteiger partial charge on any atom is 0.359 e. The van der Waals surface area contributed by atoms with Crippen molar-refractivity contribution in [3.05, 3.63) is 51.1 Å². The summed E-state index contributed by atoms with van der Waals surface area (Å²) in [4.78, 5) is 38.6. The SMILES string of the molecule is O=C(COC(=O)c1ncc(Cl)c(Cl)c1Cl)NC(=O)NCc1ccco1. The molecule has 25 heavy (non-hydrogen) atoms. The molecular weight excluding hydrogens is 397 g/mol. The predicted molar refractivity (Wildman–Crippen MR) is 88.6 cm³/mol. The number of pyridine rings is 1. The molecule has 0 aliphatic heterocycles. The van der Waals surface area contributed by atoms with E-state index in [1.54, 1.807) is 12.1 Å². The van der Waals surface area contributed by atoms with Gasteiger partial charge in [-0.15, -0.1) is 0 Å². The van der Waals surface area contributed by atoms with Crippen LogP contribution in [0.5, 0.6) is 0 Å². The molecule has 0 radical (unpaired) electrons. The molecular formula is C14H10Cl3N3O5. The average molecular weight is 407 g/mol. The lowest BCUT2D eigenvalue weighted by atomic mass is 10.3. The van der Waals surface area contributed by atoms with Crippen molar-refractivity contribution in [2.24, 2.45) is 0 Å². The zero-order chi connectivity index (χ0) is 18.4. The number of carbonyl (C=O) groups is 3. The van der Waals surface area contributed by atoms with Crippen molar-refractivity contribution in [3.63, 3.8) is 0 Å². The number of nitrogens with zero attached hydrogens (tertiary/aromatic N) is 1. The Labute approximate surface area is 156 Å². The summed E-state index contributed by atoms with van der Waals surface area (Å²) in [6.07, 6.45) is 2.57. The van der Waals surface area contributed by atoms with E-state index in [-0.39, 0.29) is 27.3 Å². The second kappa shape index (κ2) is 8.70. The average Bonchev–Trinajstić information content (AvgIpc) is 3.09. The number of esters is 1. The van der Waals surface area contributed by atoms with E-state index < -0.39 is 24.5 Å². The number of ether oxygens (including phenoxy) is 1. The van der Waals surface area contributed by atoms with Crippen LogP contribution in [0.1, 0.15) is 16.2 Å². The maximum absolute atomic E-state index is 11.8. The quantitative estimate of drug-likeness (QED) is 0.739. The summed E-state index contributed by atoms with van der Waals surface area (Å²) in [7, 11) is 0. The summed E-state index contributed by atoms with van der Waals surface area (Å²) in [6.45, 7) is -0.625. The normalized spacial score (nSPS) is 10.2. The van der Waals surface area contributed by atoms with Crippen molar-refractivity contribution >= 4 is 52.7 Å². The van der Waals surface area contributed by atoms with Gasteiger partial charge in [0.05, 0.1) is 27.9 Å². The molecule has 3 amide bonds. The van der Waals surface area contributed by atoms with Crippen LogP contribution >= 0.6 is 34.8 Å². The van der Waals surface area contributed by atoms with Crippen LogP contribution in [0.3, 0.4) is 0 Å². The van der Waals surface area contributed by atoms with Gasteiger partial charge in [-0.05, 0) is 12.1 Å². The fourth-order valence-corrected chi connectivity index (χ4v) is 2.13. The number of hydrogen-bond donors (Lipinski definition) is 2. The summed E-state index contributed by atoms with van der Waals surface area (Å²) in [5, 5.41) is 4.17. The molecule has 0 aromatic carbocycles. The monoisotopic (exact) mass is 405 g/mol. The number of rotatable bonds is 5. The van der Waals surface area contributed by atoms with Crippen LogP contribution in [-0.4, -0.2) is 29.5 Å². The minimum Gasteiger partial charge on any atom is -0.467 e. The molecule has 132 valence electrons. The highest BCUT2D eigenvalue weighted by Crippen LogP contribution is 2.31. The number of nitrogens with one attached hydrogen (secondary N) is 2. The van der Waals surface area contributed by atoms with Crippen LogP contribution in [0.2, 0.25) is 15.1 Å². The van der Waals surface area contributed by atoms with Crippen LogP contribution in [0.25, 0.3) is 0 Å². The van der Waals surface area contributed by atoms with E-state index in [1.165, 1.54) is 6.26 Å². The van der Waals surface area contributed by atoms with Gasteiger partial charge in [-0.2, -0.15) is 0 Å². The van der Waals surface area contributed by atoms with Gasteiger partial charge in [0.15, 0.2) is 12.3 Å². The van der Waals surface area contributed by atoms with E-state index in [4.69, 9.17) is 44.0 Å². The van der Waals surface area contributed by atoms with E-state index in [0.29, 0.717) is 5.76 Å². The first-order chi connectivity index (χ1) is 11.9. The van der Waals surface area contributed by atoms with E-state index >= 15 is 0 Å². The minimum atomic E-state index is -0.991. The third kappa shape index (κ3) is 5.35. The van der Waals surface area contributed by atoms with Crippen LogP contribution in [-0.2, 0) is 16.1 Å². The Morgan fingerprint density at radius 1 is 1.20 bits per heavy atom. The molecule has 0 fully saturated rings. The van der Waals surface area contributed by atoms with Crippen molar-refractivity contribution in [3.8, 4) is 0 Å². The lowest BCUT2D eigenvalue weighted by molar-refractivity contribution is -0.123. The molecule has 0 atom stereocenters. The van der Waals surface area contributed by atoms with Gasteiger partial charge in [0, 0.05) is 6.20 Å². The fraction of sp³-hybridized carbons (Fsp3) is 0.143. The fourth-order valence-electron chi connectivity index (χ4n) is 1.57. The van der Waals surface area contributed by atoms with E-state index in [0.717, 1.165) is 6.20 Å². The molecule has 0 saturated carbocycles. The lowest BCUT2D eigenvalue weighted by Gasteiger charge is -2.08. The van der Waals surface area contributed by atoms with Gasteiger partial charge in [-0.25, -0.2) is 14.6 Å². The molecule has 2 aromatic heterocycles. The Hall–Kier alpha value is -2.29. The Bertz CT molecular complexity index is 795. The van der Waals surface area contributed by atoms with Crippen LogP contribution in [0.4, 0.5) is 4.79 Å². The molecule has 2 rings (SSSR count). The largest absolute Gasteiger partial charge is 0.467 e. The van der Waals surface area contributed by atoms with Crippen molar-refractivity contribution in [1.29, 1.82) is 0 Å². The zero-order valence-electron chi connectivity index (χ0n) is 12.3. The molecule has 8 nitrogen and oxygen atoms in total. The molecule has 0 aliphatic carbocycles. The first kappa shape index (κ1) is 19.0. The summed E-state index contributed by atoms with van der Waals surface area (Å²) >= 11 is 17.3. The number of urea groups is 1. The number of hydrogen-bond acceptors (Lipinski definition) is 6. The Balaban J connectivity index is 1.80. The first-order valence-electron chi connectivity index (χ1n) is 6.65. The van der Waals surface area contributed by atoms with Gasteiger partial charge in [0.1, 0.15) is 5.76 Å².